The number of fused-ring (bicyclic) bond motifs is 1. The number of benzene rings is 2. The lowest BCUT2D eigenvalue weighted by Gasteiger charge is -2.30. The van der Waals surface area contributed by atoms with Crippen LogP contribution in [0.1, 0.15) is 50.3 Å². The fourth-order valence-electron chi connectivity index (χ4n) is 4.32. The minimum absolute atomic E-state index is 0.0486. The highest BCUT2D eigenvalue weighted by atomic mass is 32.2. The first kappa shape index (κ1) is 23.4. The van der Waals surface area contributed by atoms with Crippen molar-refractivity contribution in [3.63, 3.8) is 0 Å². The fraction of sp³-hybridized carbons (Fsp3) is 0.458. The molecule has 0 saturated carbocycles. The summed E-state index contributed by atoms with van der Waals surface area (Å²) in [5.74, 6) is -0.263. The van der Waals surface area contributed by atoms with Gasteiger partial charge in [-0.05, 0) is 69.4 Å². The summed E-state index contributed by atoms with van der Waals surface area (Å²) in [4.78, 5) is 13.0. The Kier molecular flexibility index (Phi) is 6.54. The van der Waals surface area contributed by atoms with Crippen LogP contribution in [0.15, 0.2) is 41.3 Å². The van der Waals surface area contributed by atoms with Crippen molar-refractivity contribution in [3.05, 3.63) is 47.5 Å². The molecule has 1 aromatic heterocycles. The molecule has 0 aliphatic carbocycles. The number of anilines is 1. The van der Waals surface area contributed by atoms with E-state index in [0.717, 1.165) is 28.8 Å². The van der Waals surface area contributed by atoms with Crippen LogP contribution in [0.3, 0.4) is 0 Å². The third-order valence-electron chi connectivity index (χ3n) is 6.64. The van der Waals surface area contributed by atoms with Crippen molar-refractivity contribution in [3.8, 4) is 0 Å². The molecule has 1 N–H and O–H groups in total. The van der Waals surface area contributed by atoms with Gasteiger partial charge in [-0.3, -0.25) is 4.79 Å². The first-order valence-corrected chi connectivity index (χ1v) is 12.9. The van der Waals surface area contributed by atoms with Crippen LogP contribution in [0.25, 0.3) is 11.0 Å². The number of amides is 1. The average molecular weight is 470 g/mol. The van der Waals surface area contributed by atoms with E-state index in [2.05, 4.69) is 29.5 Å². The summed E-state index contributed by atoms with van der Waals surface area (Å²) >= 11 is 0. The van der Waals surface area contributed by atoms with Gasteiger partial charge in [0.15, 0.2) is 0 Å². The minimum atomic E-state index is -3.67. The molecule has 1 atom stereocenters. The Bertz CT molecular complexity index is 1260. The summed E-state index contributed by atoms with van der Waals surface area (Å²) < 4.78 is 29.8. The van der Waals surface area contributed by atoms with Gasteiger partial charge in [0.2, 0.25) is 15.9 Å². The first-order chi connectivity index (χ1) is 15.7. The zero-order chi connectivity index (χ0) is 23.8. The first-order valence-electron chi connectivity index (χ1n) is 11.4. The summed E-state index contributed by atoms with van der Waals surface area (Å²) in [6.07, 6.45) is 1.88. The van der Waals surface area contributed by atoms with Gasteiger partial charge in [-0.15, -0.1) is 5.10 Å². The Morgan fingerprint density at radius 2 is 1.82 bits per heavy atom. The lowest BCUT2D eigenvalue weighted by Crippen LogP contribution is -2.41. The van der Waals surface area contributed by atoms with Gasteiger partial charge in [-0.1, -0.05) is 30.3 Å². The summed E-state index contributed by atoms with van der Waals surface area (Å²) in [7, 11) is -3.67. The molecule has 4 rings (SSSR count). The highest BCUT2D eigenvalue weighted by Crippen LogP contribution is 2.28. The van der Waals surface area contributed by atoms with Crippen molar-refractivity contribution in [2.75, 3.05) is 18.4 Å². The van der Waals surface area contributed by atoms with Crippen LogP contribution in [0.5, 0.6) is 0 Å². The number of carbonyl (C=O) groups excluding carboxylic acids is 1. The molecule has 0 bridgehead atoms. The third-order valence-corrected chi connectivity index (χ3v) is 8.54. The maximum absolute atomic E-state index is 13.3. The standard InChI is InChI=1S/C24H31N5O3S/c1-5-18(4)29-22-10-9-20(15-21(22)26-27-29)33(31,32)28-13-11-19(12-14-28)24(30)25-23-16(2)7-6-8-17(23)3/h6-10,15,18-19H,5,11-14H2,1-4H3,(H,25,30)/t18-/m1/s1. The molecule has 1 aliphatic rings. The molecule has 1 amide bonds. The second-order valence-electron chi connectivity index (χ2n) is 8.88. The van der Waals surface area contributed by atoms with E-state index >= 15 is 0 Å². The van der Waals surface area contributed by atoms with E-state index < -0.39 is 10.0 Å². The number of piperidine rings is 1. The molecule has 1 fully saturated rings. The molecule has 2 aromatic carbocycles. The minimum Gasteiger partial charge on any atom is -0.325 e. The van der Waals surface area contributed by atoms with Gasteiger partial charge in [0.05, 0.1) is 16.5 Å². The van der Waals surface area contributed by atoms with E-state index in [1.54, 1.807) is 18.2 Å². The zero-order valence-electron chi connectivity index (χ0n) is 19.6. The van der Waals surface area contributed by atoms with Crippen LogP contribution in [0, 0.1) is 19.8 Å². The number of sulfonamides is 1. The summed E-state index contributed by atoms with van der Waals surface area (Å²) in [6.45, 7) is 8.68. The predicted octanol–water partition coefficient (Wildman–Crippen LogP) is 4.06. The summed E-state index contributed by atoms with van der Waals surface area (Å²) in [5.41, 5.74) is 4.27. The SMILES string of the molecule is CC[C@@H](C)n1nnc2cc(S(=O)(=O)N3CCC(C(=O)Nc4c(C)cccc4C)CC3)ccc21. The Morgan fingerprint density at radius 3 is 2.45 bits per heavy atom. The lowest BCUT2D eigenvalue weighted by atomic mass is 9.96. The number of nitrogens with one attached hydrogen (secondary N) is 1. The molecule has 33 heavy (non-hydrogen) atoms. The lowest BCUT2D eigenvalue weighted by molar-refractivity contribution is -0.120. The molecular weight excluding hydrogens is 438 g/mol. The van der Waals surface area contributed by atoms with E-state index in [-0.39, 0.29) is 22.8 Å². The molecule has 8 nitrogen and oxygen atoms in total. The van der Waals surface area contributed by atoms with Gasteiger partial charge < -0.3 is 5.32 Å². The van der Waals surface area contributed by atoms with Crippen molar-refractivity contribution in [1.82, 2.24) is 19.3 Å². The van der Waals surface area contributed by atoms with E-state index in [0.29, 0.717) is 31.4 Å². The van der Waals surface area contributed by atoms with E-state index in [1.807, 2.05) is 36.7 Å². The summed E-state index contributed by atoms with van der Waals surface area (Å²) in [5, 5.41) is 11.4. The number of aryl methyl sites for hydroxylation is 2. The van der Waals surface area contributed by atoms with Crippen LogP contribution >= 0.6 is 0 Å². The topological polar surface area (TPSA) is 97.2 Å². The van der Waals surface area contributed by atoms with E-state index in [9.17, 15) is 13.2 Å². The molecule has 9 heteroatoms. The van der Waals surface area contributed by atoms with E-state index in [1.165, 1.54) is 4.31 Å². The number of nitrogens with zero attached hydrogens (tertiary/aromatic N) is 4. The van der Waals surface area contributed by atoms with Crippen LogP contribution in [0.4, 0.5) is 5.69 Å². The molecule has 1 aliphatic heterocycles. The Hall–Kier alpha value is -2.78. The third kappa shape index (κ3) is 4.52. The molecule has 3 aromatic rings. The van der Waals surface area contributed by atoms with Gasteiger partial charge in [0.1, 0.15) is 5.52 Å². The van der Waals surface area contributed by atoms with Crippen LogP contribution in [-0.4, -0.2) is 46.7 Å². The largest absolute Gasteiger partial charge is 0.325 e. The number of hydrogen-bond donors (Lipinski definition) is 1. The molecule has 176 valence electrons. The number of rotatable bonds is 6. The quantitative estimate of drug-likeness (QED) is 0.587. The van der Waals surface area contributed by atoms with Gasteiger partial charge in [0.25, 0.3) is 0 Å². The van der Waals surface area contributed by atoms with Gasteiger partial charge in [-0.25, -0.2) is 13.1 Å². The molecule has 0 unspecified atom stereocenters. The maximum atomic E-state index is 13.3. The smallest absolute Gasteiger partial charge is 0.243 e. The highest BCUT2D eigenvalue weighted by molar-refractivity contribution is 7.89. The van der Waals surface area contributed by atoms with Crippen molar-refractivity contribution in [2.24, 2.45) is 5.92 Å². The Balaban J connectivity index is 1.45. The van der Waals surface area contributed by atoms with Crippen molar-refractivity contribution >= 4 is 32.7 Å². The van der Waals surface area contributed by atoms with Gasteiger partial charge in [-0.2, -0.15) is 4.31 Å². The Morgan fingerprint density at radius 1 is 1.15 bits per heavy atom. The average Bonchev–Trinajstić information content (AvgIpc) is 3.24. The molecular formula is C24H31N5O3S. The maximum Gasteiger partial charge on any atom is 0.243 e. The molecule has 0 spiro atoms. The monoisotopic (exact) mass is 469 g/mol. The fourth-order valence-corrected chi connectivity index (χ4v) is 5.82. The summed E-state index contributed by atoms with van der Waals surface area (Å²) in [6, 6.07) is 11.1. The molecule has 1 saturated heterocycles. The van der Waals surface area contributed by atoms with E-state index in [4.69, 9.17) is 0 Å². The van der Waals surface area contributed by atoms with Crippen LogP contribution < -0.4 is 5.32 Å². The van der Waals surface area contributed by atoms with Crippen molar-refractivity contribution in [2.45, 2.75) is 57.9 Å². The van der Waals surface area contributed by atoms with Crippen molar-refractivity contribution < 1.29 is 13.2 Å². The molecule has 2 heterocycles. The number of para-hydroxylation sites is 1. The highest BCUT2D eigenvalue weighted by Gasteiger charge is 2.32. The van der Waals surface area contributed by atoms with Crippen LogP contribution in [0.2, 0.25) is 0 Å². The van der Waals surface area contributed by atoms with Gasteiger partial charge in [0, 0.05) is 24.7 Å². The normalized spacial score (nSPS) is 16.7. The van der Waals surface area contributed by atoms with Crippen molar-refractivity contribution in [1.29, 1.82) is 0 Å². The number of hydrogen-bond acceptors (Lipinski definition) is 5. The second-order valence-corrected chi connectivity index (χ2v) is 10.8. The van der Waals surface area contributed by atoms with Gasteiger partial charge >= 0.3 is 0 Å². The Labute approximate surface area is 195 Å². The van der Waals surface area contributed by atoms with Crippen LogP contribution in [-0.2, 0) is 14.8 Å². The number of aromatic nitrogens is 3. The number of carbonyl (C=O) groups is 1. The zero-order valence-corrected chi connectivity index (χ0v) is 20.4. The second kappa shape index (κ2) is 9.23. The molecule has 0 radical (unpaired) electrons. The predicted molar refractivity (Wildman–Crippen MR) is 129 cm³/mol.